The van der Waals surface area contributed by atoms with Gasteiger partial charge in [-0.25, -0.2) is 34.9 Å². The fourth-order valence-electron chi connectivity index (χ4n) is 21.1. The molecule has 0 unspecified atom stereocenters. The van der Waals surface area contributed by atoms with Gasteiger partial charge in [0.15, 0.2) is 63.7 Å². The van der Waals surface area contributed by atoms with Crippen molar-refractivity contribution in [3.8, 4) is 69.8 Å². The zero-order chi connectivity index (χ0) is 98.6. The lowest BCUT2D eigenvalue weighted by molar-refractivity contribution is 0.0937. The molecule has 16 aromatic rings. The number of carbonyl (C=O) groups excluding carboxylic acids is 8. The molecular weight excluding hydrogens is 1840 g/mol. The van der Waals surface area contributed by atoms with E-state index in [9.17, 15) is 43.5 Å². The first-order chi connectivity index (χ1) is 68.4. The Morgan fingerprint density at radius 2 is 0.716 bits per heavy atom. The second-order valence-electron chi connectivity index (χ2n) is 37.7. The van der Waals surface area contributed by atoms with Crippen LogP contribution in [0.2, 0.25) is 0 Å². The number of hydrogen-bond acceptors (Lipinski definition) is 22. The number of terminal acetylenes is 1. The predicted molar refractivity (Wildman–Crippen MR) is 562 cm³/mol. The molecule has 4 saturated carbocycles. The van der Waals surface area contributed by atoms with Crippen molar-refractivity contribution < 1.29 is 48.2 Å². The summed E-state index contributed by atoms with van der Waals surface area (Å²) >= 11 is 6.31. The van der Waals surface area contributed by atoms with E-state index in [-0.39, 0.29) is 82.1 Å². The largest absolute Gasteiger partial charge is 0.506 e. The fraction of sp³-hybridized carbons (Fsp3) is 0.357. The van der Waals surface area contributed by atoms with Gasteiger partial charge in [-0.05, 0) is 286 Å². The minimum Gasteiger partial charge on any atom is -0.506 e. The number of aromatic hydroxyl groups is 1. The molecule has 22 nitrogen and oxygen atoms in total. The number of methoxy groups -OCH3 is 1. The van der Waals surface area contributed by atoms with Crippen LogP contribution in [0.5, 0.6) is 11.5 Å². The molecule has 0 spiro atoms. The third-order valence-electron chi connectivity index (χ3n) is 28.1. The van der Waals surface area contributed by atoms with E-state index in [0.717, 1.165) is 200 Å². The van der Waals surface area contributed by atoms with Gasteiger partial charge in [0.05, 0.1) is 76.9 Å². The van der Waals surface area contributed by atoms with Crippen LogP contribution in [0.15, 0.2) is 201 Å². The molecule has 722 valence electrons. The maximum atomic E-state index is 13.0. The molecule has 4 fully saturated rings. The molecule has 8 atom stereocenters. The summed E-state index contributed by atoms with van der Waals surface area (Å²) in [5.74, 6) is 9.11. The number of ketones is 8. The highest BCUT2D eigenvalue weighted by atomic mass is 32.1. The van der Waals surface area contributed by atoms with Crippen LogP contribution >= 0.6 is 45.3 Å². The number of fused-ring (bicyclic) bond motifs is 4. The lowest BCUT2D eigenvalue weighted by atomic mass is 9.82. The molecule has 4 aliphatic carbocycles. The molecule has 141 heavy (non-hydrogen) atoms. The molecule has 4 aliphatic rings. The molecule has 11 aromatic heterocycles. The van der Waals surface area contributed by atoms with E-state index in [2.05, 4.69) is 44.1 Å². The number of pyridine rings is 2. The SMILES string of the molecule is C#Cc1ccccc1-c1nc2cc(C(=O)CC)ccc2n1[C@H]1CCC[C@@H](CC(=O)c2ccc(C)s2)C1.CCC(=O)c1ccc2c(c1)nc(-c1cnccn1)n2[C@H]1CCC[C@@H](CC(=O)c2ccc(C)s2)C1.CCC(=O)c1ccc2c(c1)nc(-c1ncccc1O)n2[C@H]1CCC[C@@H](CC(=O)c2ccc(C)s2)C1.CCC(=O)c1ccc2c(c1)nc(-c1ncccc1OC)n2[C@H]1CCC[C@@H](CC(=O)c2ccc(C)s2)C1. The number of benzene rings is 5. The Bertz CT molecular complexity index is 7380. The highest BCUT2D eigenvalue weighted by Gasteiger charge is 2.37. The van der Waals surface area contributed by atoms with Gasteiger partial charge in [0.1, 0.15) is 34.4 Å². The van der Waals surface area contributed by atoms with Crippen LogP contribution in [0.4, 0.5) is 0 Å². The zero-order valence-electron chi connectivity index (χ0n) is 81.3. The maximum Gasteiger partial charge on any atom is 0.173 e. The molecule has 26 heteroatoms. The van der Waals surface area contributed by atoms with Crippen LogP contribution in [-0.4, -0.2) is 117 Å². The number of hydrogen-bond donors (Lipinski definition) is 1. The molecule has 11 heterocycles. The van der Waals surface area contributed by atoms with Gasteiger partial charge in [0.25, 0.3) is 0 Å². The van der Waals surface area contributed by atoms with Gasteiger partial charge in [-0.3, -0.25) is 43.3 Å². The number of aromatic nitrogens is 12. The third kappa shape index (κ3) is 22.5. The van der Waals surface area contributed by atoms with E-state index in [4.69, 9.17) is 31.1 Å². The van der Waals surface area contributed by atoms with Gasteiger partial charge in [-0.15, -0.1) is 51.8 Å². The fourth-order valence-corrected chi connectivity index (χ4v) is 24.4. The first kappa shape index (κ1) is 99.3. The summed E-state index contributed by atoms with van der Waals surface area (Å²) in [6, 6.07) is 54.6. The number of thiophene rings is 4. The highest BCUT2D eigenvalue weighted by Crippen LogP contribution is 2.48. The Morgan fingerprint density at radius 1 is 0.376 bits per heavy atom. The summed E-state index contributed by atoms with van der Waals surface area (Å²) in [5, 5.41) is 10.6. The lowest BCUT2D eigenvalue weighted by Crippen LogP contribution is -2.22. The first-order valence-corrected chi connectivity index (χ1v) is 52.8. The Labute approximate surface area is 838 Å². The smallest absolute Gasteiger partial charge is 0.173 e. The minimum absolute atomic E-state index is 0.0729. The van der Waals surface area contributed by atoms with E-state index >= 15 is 0 Å². The maximum absolute atomic E-state index is 13.0. The van der Waals surface area contributed by atoms with Crippen LogP contribution in [0.25, 0.3) is 90.1 Å². The number of aryl methyl sites for hydroxylation is 4. The molecule has 0 amide bonds. The average Bonchev–Trinajstić information content (AvgIpc) is 1.64. The molecule has 0 saturated heterocycles. The molecule has 0 radical (unpaired) electrons. The Kier molecular flexibility index (Phi) is 31.7. The summed E-state index contributed by atoms with van der Waals surface area (Å²) in [6.45, 7) is 15.6. The van der Waals surface area contributed by atoms with Crippen molar-refractivity contribution in [2.24, 2.45) is 23.7 Å². The number of carbonyl (C=O) groups is 8. The number of imidazole rings is 4. The summed E-state index contributed by atoms with van der Waals surface area (Å²) in [7, 11) is 1.64. The monoisotopic (exact) mass is 1950 g/mol. The Hall–Kier alpha value is -13.3. The van der Waals surface area contributed by atoms with E-state index in [0.29, 0.717) is 120 Å². The van der Waals surface area contributed by atoms with Gasteiger partial charge in [0.2, 0.25) is 0 Å². The Morgan fingerprint density at radius 3 is 1.06 bits per heavy atom. The van der Waals surface area contributed by atoms with Crippen molar-refractivity contribution in [2.75, 3.05) is 7.11 Å². The van der Waals surface area contributed by atoms with Crippen LogP contribution in [0, 0.1) is 63.7 Å². The van der Waals surface area contributed by atoms with Gasteiger partial charge in [0, 0.05) is 153 Å². The summed E-state index contributed by atoms with van der Waals surface area (Å²) in [4.78, 5) is 147. The van der Waals surface area contributed by atoms with Gasteiger partial charge >= 0.3 is 0 Å². The predicted octanol–water partition coefficient (Wildman–Crippen LogP) is 28.0. The van der Waals surface area contributed by atoms with Gasteiger partial charge in [-0.1, -0.05) is 71.4 Å². The quantitative estimate of drug-likeness (QED) is 0.0336. The van der Waals surface area contributed by atoms with Crippen LogP contribution in [0.3, 0.4) is 0 Å². The zero-order valence-corrected chi connectivity index (χ0v) is 84.6. The molecule has 5 aromatic carbocycles. The summed E-state index contributed by atoms with van der Waals surface area (Å²) in [6.07, 6.45) is 34.4. The third-order valence-corrected chi connectivity index (χ3v) is 32.3. The Balaban J connectivity index is 0.000000130. The van der Waals surface area contributed by atoms with E-state index < -0.39 is 0 Å². The number of ether oxygens (including phenoxy) is 1. The molecular formula is C115H118N12O10S4. The van der Waals surface area contributed by atoms with Gasteiger partial charge < -0.3 is 28.1 Å². The standard InChI is InChI=1S/C31H30N2O2S.C29H31N3O3S.C28H29N3O3S.C27H28N4O2S/c1-4-22-10-6-7-12-25(22)31-32-26-19-23(28(34)5-2)14-15-27(26)33(31)24-11-8-9-21(17-24)18-29(35)30-16-13-20(3)36-30;1-4-24(33)20-11-12-23-22(17-20)31-29(28-26(35-3)9-6-14-30-28)32(23)21-8-5-7-19(15-21)16-25(34)27-13-10-18(2)36-27;1-3-23(32)19-10-11-22-21(16-19)30-28(27-24(33)8-5-13-29-27)31(22)20-7-4-6-18(14-20)15-25(34)26-12-9-17(2)35-26;1-3-24(32)19-8-9-23-21(15-19)30-27(22-16-28-11-12-29-22)31(23)20-6-4-5-18(13-20)14-25(33)26-10-7-17(2)34-26/h1,6-7,10,12-16,19,21,24H,5,8-9,11,17-18H2,2-3H3;6,9-14,17,19,21H,4-5,7-8,15-16H2,1-3H3;5,8-13,16,18,20,33H,3-4,6-7,14-15H2,1-2H3;7-12,15-16,18,20H,3-6,13-14H2,1-2H3/t21-,24+;19-,21+;2*18-,20+/m1111/s1. The first-order valence-electron chi connectivity index (χ1n) is 49.5. The van der Waals surface area contributed by atoms with Crippen molar-refractivity contribution in [3.05, 3.63) is 268 Å². The number of Topliss-reactive ketones (excluding diaryl/α,β-unsaturated/α-hetero) is 8. The normalized spacial score (nSPS) is 18.0. The van der Waals surface area contributed by atoms with Crippen molar-refractivity contribution >= 4 is 136 Å². The summed E-state index contributed by atoms with van der Waals surface area (Å²) < 4.78 is 14.7. The van der Waals surface area contributed by atoms with Crippen LogP contribution < -0.4 is 4.74 Å². The molecule has 1 N–H and O–H groups in total. The molecule has 20 rings (SSSR count). The second kappa shape index (κ2) is 45.1. The minimum atomic E-state index is 0.0729. The van der Waals surface area contributed by atoms with E-state index in [1.54, 1.807) is 95.6 Å². The van der Waals surface area contributed by atoms with Crippen LogP contribution in [-0.2, 0) is 0 Å². The van der Waals surface area contributed by atoms with E-state index in [1.165, 1.54) is 14.6 Å². The van der Waals surface area contributed by atoms with Crippen molar-refractivity contribution in [1.29, 1.82) is 0 Å². The van der Waals surface area contributed by atoms with Crippen molar-refractivity contribution in [3.63, 3.8) is 0 Å². The lowest BCUT2D eigenvalue weighted by Gasteiger charge is -2.31. The highest BCUT2D eigenvalue weighted by molar-refractivity contribution is 7.15. The van der Waals surface area contributed by atoms with Gasteiger partial charge in [-0.2, -0.15) is 0 Å². The second-order valence-corrected chi connectivity index (χ2v) is 42.9. The topological polar surface area (TPSA) is 289 Å². The average molecular weight is 1960 g/mol. The number of nitrogens with zero attached hydrogens (tertiary/aromatic N) is 12. The molecule has 0 bridgehead atoms. The van der Waals surface area contributed by atoms with E-state index in [1.807, 2.05) is 213 Å². The molecule has 0 aliphatic heterocycles. The van der Waals surface area contributed by atoms with Crippen molar-refractivity contribution in [2.45, 2.75) is 234 Å². The summed E-state index contributed by atoms with van der Waals surface area (Å²) in [5.41, 5.74) is 13.3. The van der Waals surface area contributed by atoms with Crippen LogP contribution in [0.1, 0.15) is 311 Å². The van der Waals surface area contributed by atoms with Crippen molar-refractivity contribution in [1.82, 2.24) is 58.1 Å². The number of rotatable bonds is 29.